The number of aliphatic carboxylic acids is 1. The van der Waals surface area contributed by atoms with Crippen LogP contribution in [0.5, 0.6) is 0 Å². The summed E-state index contributed by atoms with van der Waals surface area (Å²) in [7, 11) is 0. The third kappa shape index (κ3) is 4.29. The average molecular weight is 392 g/mol. The molecule has 1 atom stereocenters. The van der Waals surface area contributed by atoms with Crippen LogP contribution in [0, 0.1) is 5.92 Å². The Kier molecular flexibility index (Phi) is 5.84. The monoisotopic (exact) mass is 392 g/mol. The zero-order chi connectivity index (χ0) is 20.2. The van der Waals surface area contributed by atoms with Crippen molar-refractivity contribution in [1.82, 2.24) is 5.32 Å². The molecule has 29 heavy (non-hydrogen) atoms. The van der Waals surface area contributed by atoms with E-state index in [2.05, 4.69) is 29.6 Å². The summed E-state index contributed by atoms with van der Waals surface area (Å²) in [4.78, 5) is 23.7. The van der Waals surface area contributed by atoms with Gasteiger partial charge in [0.2, 0.25) is 0 Å². The van der Waals surface area contributed by atoms with Gasteiger partial charge in [0.1, 0.15) is 6.61 Å². The maximum Gasteiger partial charge on any atom is 0.407 e. The maximum absolute atomic E-state index is 12.5. The Morgan fingerprint density at radius 2 is 1.55 bits per heavy atom. The lowest BCUT2D eigenvalue weighted by Crippen LogP contribution is -2.45. The van der Waals surface area contributed by atoms with Crippen molar-refractivity contribution in [2.24, 2.45) is 5.92 Å². The summed E-state index contributed by atoms with van der Waals surface area (Å²) in [5.74, 6) is -0.982. The highest BCUT2D eigenvalue weighted by molar-refractivity contribution is 5.79. The van der Waals surface area contributed by atoms with Gasteiger partial charge in [0, 0.05) is 24.3 Å². The van der Waals surface area contributed by atoms with Crippen molar-refractivity contribution in [2.75, 3.05) is 6.61 Å². The Balaban J connectivity index is 1.43. The fourth-order valence-corrected chi connectivity index (χ4v) is 4.84. The second-order valence-corrected chi connectivity index (χ2v) is 8.05. The number of hydrogen-bond acceptors (Lipinski definition) is 4. The summed E-state index contributed by atoms with van der Waals surface area (Å²) in [6, 6.07) is 15.9. The molecule has 1 amide bonds. The number of alkyl carbamates (subject to hydrolysis) is 1. The number of rotatable bonds is 6. The predicted molar refractivity (Wildman–Crippen MR) is 108 cm³/mol. The number of carboxylic acids is 1. The van der Waals surface area contributed by atoms with Crippen LogP contribution in [0.15, 0.2) is 48.5 Å². The van der Waals surface area contributed by atoms with E-state index >= 15 is 0 Å². The topological polar surface area (TPSA) is 78.5 Å². The van der Waals surface area contributed by atoms with Crippen molar-refractivity contribution >= 4 is 12.1 Å². The molecule has 0 saturated heterocycles. The van der Waals surface area contributed by atoms with E-state index < -0.39 is 18.1 Å². The van der Waals surface area contributed by atoms with Gasteiger partial charge in [-0.1, -0.05) is 67.8 Å². The van der Waals surface area contributed by atoms with Gasteiger partial charge in [0.05, 0.1) is 0 Å². The number of carbonyl (C=O) groups excluding carboxylic acids is 2. The summed E-state index contributed by atoms with van der Waals surface area (Å²) in [5.41, 5.74) is 4.66. The third-order valence-corrected chi connectivity index (χ3v) is 6.25. The first-order valence-electron chi connectivity index (χ1n) is 10.4. The summed E-state index contributed by atoms with van der Waals surface area (Å²) < 4.78 is 5.58. The number of ether oxygens (including phenoxy) is 1. The van der Waals surface area contributed by atoms with Crippen LogP contribution in [0.3, 0.4) is 0 Å². The van der Waals surface area contributed by atoms with Crippen molar-refractivity contribution in [2.45, 2.75) is 50.5 Å². The molecular formula is C24H26NO4-. The number of carbonyl (C=O) groups is 2. The minimum absolute atomic E-state index is 0.0116. The SMILES string of the molecule is O=C([O-])C[C@@H](NC(=O)OCC1c2ccccc2-c2ccccc21)C1CCCCC1. The first-order chi connectivity index (χ1) is 14.1. The molecule has 4 rings (SSSR count). The third-order valence-electron chi connectivity index (χ3n) is 6.25. The zero-order valence-electron chi connectivity index (χ0n) is 16.4. The van der Waals surface area contributed by atoms with E-state index in [0.29, 0.717) is 0 Å². The minimum Gasteiger partial charge on any atom is -0.550 e. The van der Waals surface area contributed by atoms with Gasteiger partial charge in [-0.2, -0.15) is 0 Å². The molecule has 2 aromatic rings. The molecule has 2 aromatic carbocycles. The van der Waals surface area contributed by atoms with Crippen molar-refractivity contribution in [3.63, 3.8) is 0 Å². The lowest BCUT2D eigenvalue weighted by molar-refractivity contribution is -0.306. The number of benzene rings is 2. The molecule has 0 bridgehead atoms. The largest absolute Gasteiger partial charge is 0.550 e. The fourth-order valence-electron chi connectivity index (χ4n) is 4.84. The summed E-state index contributed by atoms with van der Waals surface area (Å²) in [6.45, 7) is 0.225. The predicted octanol–water partition coefficient (Wildman–Crippen LogP) is 3.61. The van der Waals surface area contributed by atoms with Crippen molar-refractivity contribution in [1.29, 1.82) is 0 Å². The Morgan fingerprint density at radius 3 is 2.14 bits per heavy atom. The molecule has 1 N–H and O–H groups in total. The number of amides is 1. The molecule has 0 radical (unpaired) electrons. The molecule has 5 heteroatoms. The lowest BCUT2D eigenvalue weighted by Gasteiger charge is -2.31. The lowest BCUT2D eigenvalue weighted by atomic mass is 9.83. The van der Waals surface area contributed by atoms with E-state index in [-0.39, 0.29) is 24.9 Å². The van der Waals surface area contributed by atoms with Crippen molar-refractivity contribution in [3.05, 3.63) is 59.7 Å². The van der Waals surface area contributed by atoms with Gasteiger partial charge in [-0.3, -0.25) is 0 Å². The number of nitrogens with one attached hydrogen (secondary N) is 1. The number of fused-ring (bicyclic) bond motifs is 3. The van der Waals surface area contributed by atoms with E-state index in [0.717, 1.165) is 36.8 Å². The van der Waals surface area contributed by atoms with Crippen LogP contribution in [0.2, 0.25) is 0 Å². The second kappa shape index (κ2) is 8.68. The van der Waals surface area contributed by atoms with Gasteiger partial charge in [0.15, 0.2) is 0 Å². The quantitative estimate of drug-likeness (QED) is 0.814. The first kappa shape index (κ1) is 19.5. The van der Waals surface area contributed by atoms with E-state index in [1.54, 1.807) is 0 Å². The molecule has 1 saturated carbocycles. The van der Waals surface area contributed by atoms with E-state index in [9.17, 15) is 14.7 Å². The standard InChI is InChI=1S/C24H27NO4/c26-23(27)14-22(16-8-2-1-3-9-16)25-24(28)29-15-21-19-12-6-4-10-17(19)18-11-5-7-13-20(18)21/h4-7,10-13,16,21-22H,1-3,8-9,14-15H2,(H,25,28)(H,26,27)/p-1/t22-/m1/s1. The molecule has 0 spiro atoms. The molecular weight excluding hydrogens is 366 g/mol. The zero-order valence-corrected chi connectivity index (χ0v) is 16.4. The van der Waals surface area contributed by atoms with Crippen LogP contribution in [0.4, 0.5) is 4.79 Å². The van der Waals surface area contributed by atoms with Gasteiger partial charge in [-0.15, -0.1) is 0 Å². The Bertz CT molecular complexity index is 842. The first-order valence-corrected chi connectivity index (χ1v) is 10.4. The molecule has 5 nitrogen and oxygen atoms in total. The number of carboxylic acid groups (broad SMARTS) is 1. The van der Waals surface area contributed by atoms with Crippen molar-refractivity contribution < 1.29 is 19.4 Å². The van der Waals surface area contributed by atoms with Crippen LogP contribution in [-0.4, -0.2) is 24.7 Å². The van der Waals surface area contributed by atoms with Crippen LogP contribution in [0.25, 0.3) is 11.1 Å². The van der Waals surface area contributed by atoms with Crippen LogP contribution in [-0.2, 0) is 9.53 Å². The Hall–Kier alpha value is -2.82. The fraction of sp³-hybridized carbons (Fsp3) is 0.417. The number of hydrogen-bond donors (Lipinski definition) is 1. The molecule has 0 aliphatic heterocycles. The highest BCUT2D eigenvalue weighted by Gasteiger charge is 2.30. The van der Waals surface area contributed by atoms with Gasteiger partial charge in [-0.25, -0.2) is 4.79 Å². The molecule has 2 aliphatic rings. The maximum atomic E-state index is 12.5. The average Bonchev–Trinajstić information content (AvgIpc) is 3.06. The highest BCUT2D eigenvalue weighted by atomic mass is 16.5. The summed E-state index contributed by atoms with van der Waals surface area (Å²) in [6.07, 6.45) is 4.45. The van der Waals surface area contributed by atoms with Crippen LogP contribution < -0.4 is 10.4 Å². The van der Waals surface area contributed by atoms with Gasteiger partial charge in [-0.05, 0) is 41.0 Å². The van der Waals surface area contributed by atoms with Gasteiger partial charge in [0.25, 0.3) is 0 Å². The normalized spacial score (nSPS) is 17.2. The Labute approximate surface area is 171 Å². The van der Waals surface area contributed by atoms with E-state index in [1.807, 2.05) is 24.3 Å². The molecule has 2 aliphatic carbocycles. The van der Waals surface area contributed by atoms with Crippen molar-refractivity contribution in [3.8, 4) is 11.1 Å². The molecule has 0 unspecified atom stereocenters. The summed E-state index contributed by atoms with van der Waals surface area (Å²) >= 11 is 0. The van der Waals surface area contributed by atoms with E-state index in [4.69, 9.17) is 4.74 Å². The smallest absolute Gasteiger partial charge is 0.407 e. The molecule has 0 heterocycles. The van der Waals surface area contributed by atoms with Crippen LogP contribution in [0.1, 0.15) is 55.6 Å². The van der Waals surface area contributed by atoms with Crippen LogP contribution >= 0.6 is 0 Å². The molecule has 1 fully saturated rings. The van der Waals surface area contributed by atoms with E-state index in [1.165, 1.54) is 17.5 Å². The molecule has 0 aromatic heterocycles. The second-order valence-electron chi connectivity index (χ2n) is 8.05. The highest BCUT2D eigenvalue weighted by Crippen LogP contribution is 2.44. The van der Waals surface area contributed by atoms with Gasteiger partial charge < -0.3 is 20.0 Å². The summed E-state index contributed by atoms with van der Waals surface area (Å²) in [5, 5.41) is 14.0. The molecule has 152 valence electrons. The Morgan fingerprint density at radius 1 is 0.966 bits per heavy atom. The minimum atomic E-state index is -1.14. The van der Waals surface area contributed by atoms with Gasteiger partial charge >= 0.3 is 6.09 Å².